The van der Waals surface area contributed by atoms with Crippen LogP contribution in [0.1, 0.15) is 45.8 Å². The molecule has 4 nitrogen and oxygen atoms in total. The number of aromatic nitrogens is 2. The van der Waals surface area contributed by atoms with Crippen LogP contribution in [0, 0.1) is 11.8 Å². The van der Waals surface area contributed by atoms with E-state index in [2.05, 4.69) is 43.2 Å². The fourth-order valence-corrected chi connectivity index (χ4v) is 1.35. The van der Waals surface area contributed by atoms with E-state index in [9.17, 15) is 0 Å². The summed E-state index contributed by atoms with van der Waals surface area (Å²) >= 11 is 0. The minimum absolute atomic E-state index is 0.642. The molecule has 0 unspecified atom stereocenters. The molecule has 1 N–H and O–H groups in total. The van der Waals surface area contributed by atoms with Gasteiger partial charge in [-0.25, -0.2) is 0 Å². The van der Waals surface area contributed by atoms with E-state index < -0.39 is 0 Å². The fourth-order valence-electron chi connectivity index (χ4n) is 1.35. The zero-order valence-electron chi connectivity index (χ0n) is 10.8. The summed E-state index contributed by atoms with van der Waals surface area (Å²) in [6.07, 6.45) is 2.02. The van der Waals surface area contributed by atoms with Crippen molar-refractivity contribution in [1.82, 2.24) is 15.5 Å². The number of hydrogen-bond donors (Lipinski definition) is 1. The zero-order valence-corrected chi connectivity index (χ0v) is 10.8. The molecular weight excluding hydrogens is 202 g/mol. The van der Waals surface area contributed by atoms with Gasteiger partial charge in [-0.15, -0.1) is 0 Å². The lowest BCUT2D eigenvalue weighted by Gasteiger charge is -2.03. The van der Waals surface area contributed by atoms with Gasteiger partial charge in [0.2, 0.25) is 5.89 Å². The molecule has 16 heavy (non-hydrogen) atoms. The van der Waals surface area contributed by atoms with E-state index in [1.54, 1.807) is 0 Å². The maximum atomic E-state index is 5.16. The maximum Gasteiger partial charge on any atom is 0.240 e. The van der Waals surface area contributed by atoms with E-state index >= 15 is 0 Å². The highest BCUT2D eigenvalue weighted by atomic mass is 16.5. The highest BCUT2D eigenvalue weighted by Gasteiger charge is 2.06. The van der Waals surface area contributed by atoms with Gasteiger partial charge in [0.25, 0.3) is 0 Å². The van der Waals surface area contributed by atoms with Crippen LogP contribution in [0.5, 0.6) is 0 Å². The molecule has 0 fully saturated rings. The van der Waals surface area contributed by atoms with Gasteiger partial charge in [-0.1, -0.05) is 32.9 Å². The highest BCUT2D eigenvalue weighted by molar-refractivity contribution is 4.86. The third kappa shape index (κ3) is 5.26. The van der Waals surface area contributed by atoms with Gasteiger partial charge in [-0.05, 0) is 24.8 Å². The molecule has 0 saturated carbocycles. The van der Waals surface area contributed by atoms with E-state index in [4.69, 9.17) is 4.52 Å². The lowest BCUT2D eigenvalue weighted by atomic mass is 10.1. The van der Waals surface area contributed by atoms with Crippen LogP contribution >= 0.6 is 0 Å². The standard InChI is InChI=1S/C12H23N3O/c1-9(2)5-6-11-14-12(16-15-11)8-13-7-10(3)4/h9-10,13H,5-8H2,1-4H3. The molecule has 0 bridgehead atoms. The van der Waals surface area contributed by atoms with Gasteiger partial charge in [0.05, 0.1) is 6.54 Å². The van der Waals surface area contributed by atoms with Crippen LogP contribution in [0.25, 0.3) is 0 Å². The number of hydrogen-bond acceptors (Lipinski definition) is 4. The fraction of sp³-hybridized carbons (Fsp3) is 0.833. The highest BCUT2D eigenvalue weighted by Crippen LogP contribution is 2.06. The van der Waals surface area contributed by atoms with Crippen molar-refractivity contribution in [2.75, 3.05) is 6.54 Å². The first-order chi connectivity index (χ1) is 7.58. The van der Waals surface area contributed by atoms with E-state index in [0.29, 0.717) is 24.3 Å². The predicted molar refractivity (Wildman–Crippen MR) is 64.0 cm³/mol. The molecule has 0 amide bonds. The second-order valence-corrected chi connectivity index (χ2v) is 5.06. The maximum absolute atomic E-state index is 5.16. The molecule has 1 aromatic heterocycles. The van der Waals surface area contributed by atoms with E-state index in [1.165, 1.54) is 0 Å². The van der Waals surface area contributed by atoms with Crippen LogP contribution in [-0.4, -0.2) is 16.7 Å². The van der Waals surface area contributed by atoms with Crippen molar-refractivity contribution in [2.24, 2.45) is 11.8 Å². The summed E-state index contributed by atoms with van der Waals surface area (Å²) in [5, 5.41) is 7.24. The number of aryl methyl sites for hydroxylation is 1. The Balaban J connectivity index is 2.28. The first-order valence-corrected chi connectivity index (χ1v) is 6.10. The predicted octanol–water partition coefficient (Wildman–Crippen LogP) is 2.40. The number of rotatable bonds is 7. The lowest BCUT2D eigenvalue weighted by Crippen LogP contribution is -2.19. The van der Waals surface area contributed by atoms with Gasteiger partial charge >= 0.3 is 0 Å². The van der Waals surface area contributed by atoms with Crippen LogP contribution in [0.15, 0.2) is 4.52 Å². The van der Waals surface area contributed by atoms with Crippen LogP contribution in [0.2, 0.25) is 0 Å². The first kappa shape index (κ1) is 13.2. The summed E-state index contributed by atoms with van der Waals surface area (Å²) in [6.45, 7) is 10.4. The van der Waals surface area contributed by atoms with Gasteiger partial charge in [-0.3, -0.25) is 0 Å². The number of nitrogens with one attached hydrogen (secondary N) is 1. The molecule has 0 atom stereocenters. The molecule has 0 aliphatic carbocycles. The van der Waals surface area contributed by atoms with Crippen LogP contribution < -0.4 is 5.32 Å². The topological polar surface area (TPSA) is 51.0 Å². The Bertz CT molecular complexity index is 294. The molecule has 0 aliphatic heterocycles. The Morgan fingerprint density at radius 2 is 1.94 bits per heavy atom. The van der Waals surface area contributed by atoms with E-state index in [-0.39, 0.29) is 0 Å². The second kappa shape index (κ2) is 6.63. The minimum Gasteiger partial charge on any atom is -0.338 e. The van der Waals surface area contributed by atoms with Gasteiger partial charge in [0.15, 0.2) is 5.82 Å². The Labute approximate surface area is 97.8 Å². The lowest BCUT2D eigenvalue weighted by molar-refractivity contribution is 0.358. The molecule has 92 valence electrons. The third-order valence-electron chi connectivity index (χ3n) is 2.28. The molecule has 1 heterocycles. The van der Waals surface area contributed by atoms with Crippen molar-refractivity contribution < 1.29 is 4.52 Å². The monoisotopic (exact) mass is 225 g/mol. The smallest absolute Gasteiger partial charge is 0.240 e. The van der Waals surface area contributed by atoms with Crippen molar-refractivity contribution in [3.05, 3.63) is 11.7 Å². The Kier molecular flexibility index (Phi) is 5.46. The molecule has 0 radical (unpaired) electrons. The van der Waals surface area contributed by atoms with Gasteiger partial charge in [-0.2, -0.15) is 4.98 Å². The summed E-state index contributed by atoms with van der Waals surface area (Å²) in [4.78, 5) is 4.34. The Hall–Kier alpha value is -0.900. The van der Waals surface area contributed by atoms with Crippen molar-refractivity contribution in [3.63, 3.8) is 0 Å². The van der Waals surface area contributed by atoms with Crippen molar-refractivity contribution in [1.29, 1.82) is 0 Å². The molecule has 0 aliphatic rings. The van der Waals surface area contributed by atoms with Crippen LogP contribution in [0.4, 0.5) is 0 Å². The molecular formula is C12H23N3O. The summed E-state index contributed by atoms with van der Waals surface area (Å²) < 4.78 is 5.16. The normalized spacial score (nSPS) is 11.6. The van der Waals surface area contributed by atoms with Gasteiger partial charge < -0.3 is 9.84 Å². The third-order valence-corrected chi connectivity index (χ3v) is 2.28. The molecule has 0 spiro atoms. The zero-order chi connectivity index (χ0) is 12.0. The second-order valence-electron chi connectivity index (χ2n) is 5.06. The van der Waals surface area contributed by atoms with Crippen molar-refractivity contribution >= 4 is 0 Å². The van der Waals surface area contributed by atoms with Crippen molar-refractivity contribution in [3.8, 4) is 0 Å². The minimum atomic E-state index is 0.642. The van der Waals surface area contributed by atoms with Crippen molar-refractivity contribution in [2.45, 2.75) is 47.1 Å². The quantitative estimate of drug-likeness (QED) is 0.774. The molecule has 1 aromatic rings. The van der Waals surface area contributed by atoms with Gasteiger partial charge in [0.1, 0.15) is 0 Å². The average molecular weight is 225 g/mol. The summed E-state index contributed by atoms with van der Waals surface area (Å²) in [7, 11) is 0. The SMILES string of the molecule is CC(C)CCc1noc(CNCC(C)C)n1. The van der Waals surface area contributed by atoms with E-state index in [1.807, 2.05) is 0 Å². The van der Waals surface area contributed by atoms with Crippen LogP contribution in [-0.2, 0) is 13.0 Å². The van der Waals surface area contributed by atoms with Gasteiger partial charge in [0, 0.05) is 6.42 Å². The van der Waals surface area contributed by atoms with Crippen LogP contribution in [0.3, 0.4) is 0 Å². The molecule has 1 rings (SSSR count). The summed E-state index contributed by atoms with van der Waals surface area (Å²) in [6, 6.07) is 0. The Morgan fingerprint density at radius 3 is 2.56 bits per heavy atom. The van der Waals surface area contributed by atoms with E-state index in [0.717, 1.165) is 25.2 Å². The summed E-state index contributed by atoms with van der Waals surface area (Å²) in [5.74, 6) is 2.85. The largest absolute Gasteiger partial charge is 0.338 e. The summed E-state index contributed by atoms with van der Waals surface area (Å²) in [5.41, 5.74) is 0. The number of nitrogens with zero attached hydrogens (tertiary/aromatic N) is 2. The Morgan fingerprint density at radius 1 is 1.19 bits per heavy atom. The molecule has 0 saturated heterocycles. The molecule has 4 heteroatoms. The first-order valence-electron chi connectivity index (χ1n) is 6.10. The average Bonchev–Trinajstić information content (AvgIpc) is 2.62. The molecule has 0 aromatic carbocycles.